The van der Waals surface area contributed by atoms with Crippen LogP contribution in [0.3, 0.4) is 0 Å². The molecule has 1 rings (SSSR count). The lowest BCUT2D eigenvalue weighted by Gasteiger charge is -1.94. The van der Waals surface area contributed by atoms with Crippen LogP contribution < -0.4 is 0 Å². The fraction of sp³-hybridized carbons (Fsp3) is 0.333. The van der Waals surface area contributed by atoms with Crippen molar-refractivity contribution in [2.75, 3.05) is 7.05 Å². The molecule has 0 saturated carbocycles. The third-order valence-corrected chi connectivity index (χ3v) is 1.48. The van der Waals surface area contributed by atoms with E-state index in [0.29, 0.717) is 0 Å². The van der Waals surface area contributed by atoms with Gasteiger partial charge in [0, 0.05) is 31.6 Å². The average Bonchev–Trinajstić information content (AvgIpc) is 2.04. The van der Waals surface area contributed by atoms with Gasteiger partial charge in [0.2, 0.25) is 0 Å². The second-order valence-corrected chi connectivity index (χ2v) is 2.45. The molecule has 0 radical (unpaired) electrons. The summed E-state index contributed by atoms with van der Waals surface area (Å²) in [5.74, 6) is 0. The second-order valence-electron chi connectivity index (χ2n) is 2.45. The van der Waals surface area contributed by atoms with Crippen molar-refractivity contribution in [3.05, 3.63) is 29.6 Å². The highest BCUT2D eigenvalue weighted by Crippen LogP contribution is 1.98. The zero-order valence-corrected chi connectivity index (χ0v) is 6.91. The molecular weight excluding hydrogens is 136 g/mol. The predicted octanol–water partition coefficient (Wildman–Crippen LogP) is 1.63. The van der Waals surface area contributed by atoms with Gasteiger partial charge in [-0.2, -0.15) is 0 Å². The van der Waals surface area contributed by atoms with Crippen molar-refractivity contribution in [3.8, 4) is 0 Å². The van der Waals surface area contributed by atoms with E-state index in [0.717, 1.165) is 12.1 Å². The van der Waals surface area contributed by atoms with Crippen LogP contribution in [0.25, 0.3) is 0 Å². The SMILES string of the molecule is CN=CCc1ccc(C)nc1. The van der Waals surface area contributed by atoms with Crippen molar-refractivity contribution in [1.82, 2.24) is 4.98 Å². The first-order valence-electron chi connectivity index (χ1n) is 3.65. The molecule has 0 aliphatic heterocycles. The van der Waals surface area contributed by atoms with E-state index in [1.165, 1.54) is 5.56 Å². The normalized spacial score (nSPS) is 10.7. The van der Waals surface area contributed by atoms with Gasteiger partial charge in [0.05, 0.1) is 0 Å². The smallest absolute Gasteiger partial charge is 0.0372 e. The number of aliphatic imine (C=N–C) groups is 1. The van der Waals surface area contributed by atoms with Gasteiger partial charge in [0.15, 0.2) is 0 Å². The fourth-order valence-electron chi connectivity index (χ4n) is 0.816. The van der Waals surface area contributed by atoms with Gasteiger partial charge in [-0.15, -0.1) is 0 Å². The summed E-state index contributed by atoms with van der Waals surface area (Å²) in [4.78, 5) is 8.07. The Morgan fingerprint density at radius 1 is 1.55 bits per heavy atom. The van der Waals surface area contributed by atoms with Crippen molar-refractivity contribution in [2.45, 2.75) is 13.3 Å². The molecular formula is C9H12N2. The quantitative estimate of drug-likeness (QED) is 0.585. The van der Waals surface area contributed by atoms with E-state index >= 15 is 0 Å². The lowest BCUT2D eigenvalue weighted by molar-refractivity contribution is 1.15. The van der Waals surface area contributed by atoms with Gasteiger partial charge in [0.25, 0.3) is 0 Å². The molecule has 0 fully saturated rings. The van der Waals surface area contributed by atoms with Gasteiger partial charge in [-0.1, -0.05) is 6.07 Å². The zero-order valence-electron chi connectivity index (χ0n) is 6.91. The van der Waals surface area contributed by atoms with E-state index in [2.05, 4.69) is 16.0 Å². The summed E-state index contributed by atoms with van der Waals surface area (Å²) >= 11 is 0. The van der Waals surface area contributed by atoms with Crippen LogP contribution in [0.2, 0.25) is 0 Å². The van der Waals surface area contributed by atoms with Gasteiger partial charge in [-0.05, 0) is 18.6 Å². The summed E-state index contributed by atoms with van der Waals surface area (Å²) in [5, 5.41) is 0. The van der Waals surface area contributed by atoms with E-state index in [1.807, 2.05) is 25.4 Å². The van der Waals surface area contributed by atoms with Crippen molar-refractivity contribution >= 4 is 6.21 Å². The van der Waals surface area contributed by atoms with Crippen molar-refractivity contribution < 1.29 is 0 Å². The van der Waals surface area contributed by atoms with Crippen LogP contribution in [-0.4, -0.2) is 18.2 Å². The van der Waals surface area contributed by atoms with Gasteiger partial charge in [0.1, 0.15) is 0 Å². The Morgan fingerprint density at radius 2 is 2.36 bits per heavy atom. The third-order valence-electron chi connectivity index (χ3n) is 1.48. The number of rotatable bonds is 2. The summed E-state index contributed by atoms with van der Waals surface area (Å²) in [6.45, 7) is 1.98. The first-order valence-corrected chi connectivity index (χ1v) is 3.65. The van der Waals surface area contributed by atoms with Crippen molar-refractivity contribution in [3.63, 3.8) is 0 Å². The van der Waals surface area contributed by atoms with Crippen molar-refractivity contribution in [1.29, 1.82) is 0 Å². The van der Waals surface area contributed by atoms with E-state index in [1.54, 1.807) is 7.05 Å². The highest BCUT2D eigenvalue weighted by molar-refractivity contribution is 5.60. The highest BCUT2D eigenvalue weighted by atomic mass is 14.7. The van der Waals surface area contributed by atoms with E-state index in [4.69, 9.17) is 0 Å². The monoisotopic (exact) mass is 148 g/mol. The van der Waals surface area contributed by atoms with Crippen LogP contribution in [0.5, 0.6) is 0 Å². The summed E-state index contributed by atoms with van der Waals surface area (Å²) in [7, 11) is 1.78. The Balaban J connectivity index is 2.66. The van der Waals surface area contributed by atoms with Crippen LogP contribution in [-0.2, 0) is 6.42 Å². The summed E-state index contributed by atoms with van der Waals surface area (Å²) in [5.41, 5.74) is 2.27. The summed E-state index contributed by atoms with van der Waals surface area (Å²) in [6, 6.07) is 4.09. The van der Waals surface area contributed by atoms with Crippen LogP contribution in [0.4, 0.5) is 0 Å². The Kier molecular flexibility index (Phi) is 2.78. The molecule has 0 N–H and O–H groups in total. The number of hydrogen-bond donors (Lipinski definition) is 0. The minimum Gasteiger partial charge on any atom is -0.301 e. The molecule has 1 aromatic heterocycles. The maximum Gasteiger partial charge on any atom is 0.0372 e. The molecule has 2 heteroatoms. The number of nitrogens with zero attached hydrogens (tertiary/aromatic N) is 2. The van der Waals surface area contributed by atoms with Gasteiger partial charge in [-0.3, -0.25) is 4.98 Å². The number of aromatic nitrogens is 1. The molecule has 0 aromatic carbocycles. The highest BCUT2D eigenvalue weighted by Gasteiger charge is 1.88. The number of aryl methyl sites for hydroxylation is 1. The van der Waals surface area contributed by atoms with Crippen LogP contribution >= 0.6 is 0 Å². The summed E-state index contributed by atoms with van der Waals surface area (Å²) in [6.07, 6.45) is 4.65. The topological polar surface area (TPSA) is 25.2 Å². The Morgan fingerprint density at radius 3 is 2.91 bits per heavy atom. The second kappa shape index (κ2) is 3.86. The molecule has 0 aliphatic carbocycles. The Bertz CT molecular complexity index is 236. The predicted molar refractivity (Wildman–Crippen MR) is 47.1 cm³/mol. The van der Waals surface area contributed by atoms with Crippen LogP contribution in [0, 0.1) is 6.92 Å². The third kappa shape index (κ3) is 2.50. The molecule has 0 unspecified atom stereocenters. The van der Waals surface area contributed by atoms with E-state index in [9.17, 15) is 0 Å². The molecule has 0 amide bonds. The molecule has 1 aromatic rings. The van der Waals surface area contributed by atoms with Gasteiger partial charge < -0.3 is 4.99 Å². The maximum atomic E-state index is 4.17. The van der Waals surface area contributed by atoms with Crippen LogP contribution in [0.1, 0.15) is 11.3 Å². The number of hydrogen-bond acceptors (Lipinski definition) is 2. The standard InChI is InChI=1S/C9H12N2/c1-8-3-4-9(7-11-8)5-6-10-2/h3-4,6-7H,5H2,1-2H3. The minimum absolute atomic E-state index is 0.879. The molecule has 0 bridgehead atoms. The van der Waals surface area contributed by atoms with Crippen LogP contribution in [0.15, 0.2) is 23.3 Å². The molecule has 0 saturated heterocycles. The largest absolute Gasteiger partial charge is 0.301 e. The lowest BCUT2D eigenvalue weighted by atomic mass is 10.2. The first kappa shape index (κ1) is 7.92. The first-order chi connectivity index (χ1) is 5.33. The van der Waals surface area contributed by atoms with E-state index < -0.39 is 0 Å². The summed E-state index contributed by atoms with van der Waals surface area (Å²) < 4.78 is 0. The molecule has 58 valence electrons. The Labute approximate surface area is 67.0 Å². The van der Waals surface area contributed by atoms with E-state index in [-0.39, 0.29) is 0 Å². The van der Waals surface area contributed by atoms with Gasteiger partial charge >= 0.3 is 0 Å². The molecule has 0 atom stereocenters. The number of pyridine rings is 1. The minimum atomic E-state index is 0.879. The zero-order chi connectivity index (χ0) is 8.10. The molecule has 11 heavy (non-hydrogen) atoms. The average molecular weight is 148 g/mol. The Hall–Kier alpha value is -1.18. The van der Waals surface area contributed by atoms with Gasteiger partial charge in [-0.25, -0.2) is 0 Å². The lowest BCUT2D eigenvalue weighted by Crippen LogP contribution is -1.88. The molecule has 1 heterocycles. The van der Waals surface area contributed by atoms with Crippen molar-refractivity contribution in [2.24, 2.45) is 4.99 Å². The molecule has 0 aliphatic rings. The molecule has 2 nitrogen and oxygen atoms in total. The maximum absolute atomic E-state index is 4.17. The molecule has 0 spiro atoms. The fourth-order valence-corrected chi connectivity index (χ4v) is 0.816.